The second-order valence-corrected chi connectivity index (χ2v) is 5.42. The van der Waals surface area contributed by atoms with E-state index in [-0.39, 0.29) is 0 Å². The number of hydrogen-bond donors (Lipinski definition) is 1. The highest BCUT2D eigenvalue weighted by molar-refractivity contribution is 9.10. The van der Waals surface area contributed by atoms with Crippen LogP contribution in [0.1, 0.15) is 25.5 Å². The summed E-state index contributed by atoms with van der Waals surface area (Å²) < 4.78 is 1.18. The van der Waals surface area contributed by atoms with E-state index >= 15 is 0 Å². The quantitative estimate of drug-likeness (QED) is 0.894. The van der Waals surface area contributed by atoms with Gasteiger partial charge in [-0.15, -0.1) is 0 Å². The molecule has 1 atom stereocenters. The summed E-state index contributed by atoms with van der Waals surface area (Å²) in [6, 6.07) is 9.34. The monoisotopic (exact) mass is 284 g/mol. The maximum atomic E-state index is 3.62. The van der Waals surface area contributed by atoms with Crippen molar-refractivity contribution in [3.05, 3.63) is 34.3 Å². The molecule has 0 amide bonds. The molecular formula is C13H21BrN2. The van der Waals surface area contributed by atoms with Crippen molar-refractivity contribution in [3.8, 4) is 0 Å². The van der Waals surface area contributed by atoms with Gasteiger partial charge in [-0.25, -0.2) is 0 Å². The van der Waals surface area contributed by atoms with Gasteiger partial charge >= 0.3 is 0 Å². The van der Waals surface area contributed by atoms with Crippen LogP contribution in [-0.2, 0) is 0 Å². The third-order valence-electron chi connectivity index (χ3n) is 2.61. The Morgan fingerprint density at radius 3 is 2.38 bits per heavy atom. The van der Waals surface area contributed by atoms with E-state index < -0.39 is 0 Å². The molecule has 1 rings (SSSR count). The summed E-state index contributed by atoms with van der Waals surface area (Å²) in [6.45, 7) is 5.31. The predicted octanol–water partition coefficient (Wildman–Crippen LogP) is 3.05. The maximum absolute atomic E-state index is 3.62. The van der Waals surface area contributed by atoms with Crippen LogP contribution in [0.3, 0.4) is 0 Å². The van der Waals surface area contributed by atoms with Gasteiger partial charge in [0.25, 0.3) is 0 Å². The summed E-state index contributed by atoms with van der Waals surface area (Å²) in [7, 11) is 4.23. The van der Waals surface area contributed by atoms with Crippen molar-refractivity contribution in [3.63, 3.8) is 0 Å². The zero-order chi connectivity index (χ0) is 12.1. The maximum Gasteiger partial charge on any atom is 0.0478 e. The van der Waals surface area contributed by atoms with E-state index in [9.17, 15) is 0 Å². The Hall–Kier alpha value is -0.380. The molecule has 0 heterocycles. The summed E-state index contributed by atoms with van der Waals surface area (Å²) in [5.74, 6) is 0. The van der Waals surface area contributed by atoms with Gasteiger partial charge in [0.2, 0.25) is 0 Å². The lowest BCUT2D eigenvalue weighted by atomic mass is 10.1. The fourth-order valence-corrected chi connectivity index (χ4v) is 2.21. The average molecular weight is 285 g/mol. The van der Waals surface area contributed by atoms with E-state index in [4.69, 9.17) is 0 Å². The molecule has 2 nitrogen and oxygen atoms in total. The molecule has 0 aliphatic carbocycles. The summed E-state index contributed by atoms with van der Waals surface area (Å²) in [6.07, 6.45) is 0. The van der Waals surface area contributed by atoms with Crippen molar-refractivity contribution in [1.82, 2.24) is 10.2 Å². The molecule has 1 aromatic rings. The molecule has 16 heavy (non-hydrogen) atoms. The molecule has 3 heteroatoms. The smallest absolute Gasteiger partial charge is 0.0478 e. The summed E-state index contributed by atoms with van der Waals surface area (Å²) in [5.41, 5.74) is 1.33. The second kappa shape index (κ2) is 6.38. The standard InChI is InChI=1S/C13H21BrN2/c1-10(2)15-9-13(16(3)4)11-7-5-6-8-12(11)14/h5-8,10,13,15H,9H2,1-4H3. The molecule has 0 aliphatic rings. The van der Waals surface area contributed by atoms with Crippen LogP contribution in [-0.4, -0.2) is 31.6 Å². The Balaban J connectivity index is 2.82. The minimum absolute atomic E-state index is 0.401. The topological polar surface area (TPSA) is 15.3 Å². The van der Waals surface area contributed by atoms with Crippen LogP contribution in [0.4, 0.5) is 0 Å². The molecule has 0 bridgehead atoms. The zero-order valence-corrected chi connectivity index (χ0v) is 12.1. The minimum Gasteiger partial charge on any atom is -0.313 e. The van der Waals surface area contributed by atoms with E-state index in [1.807, 2.05) is 0 Å². The number of nitrogens with one attached hydrogen (secondary N) is 1. The van der Waals surface area contributed by atoms with Crippen molar-refractivity contribution in [1.29, 1.82) is 0 Å². The summed E-state index contributed by atoms with van der Waals surface area (Å²) >= 11 is 3.62. The zero-order valence-electron chi connectivity index (χ0n) is 10.5. The lowest BCUT2D eigenvalue weighted by molar-refractivity contribution is 0.282. The van der Waals surface area contributed by atoms with Crippen LogP contribution >= 0.6 is 15.9 Å². The van der Waals surface area contributed by atoms with Crippen LogP contribution in [0.5, 0.6) is 0 Å². The van der Waals surface area contributed by atoms with Crippen molar-refractivity contribution >= 4 is 15.9 Å². The number of nitrogens with zero attached hydrogens (tertiary/aromatic N) is 1. The molecule has 0 saturated heterocycles. The first kappa shape index (κ1) is 13.7. The van der Waals surface area contributed by atoms with Gasteiger partial charge in [-0.3, -0.25) is 0 Å². The Bertz CT molecular complexity index is 323. The molecule has 0 saturated carbocycles. The first-order valence-corrected chi connectivity index (χ1v) is 6.46. The van der Waals surface area contributed by atoms with Crippen molar-refractivity contribution < 1.29 is 0 Å². The summed E-state index contributed by atoms with van der Waals surface area (Å²) in [5, 5.41) is 3.49. The number of halogens is 1. The number of benzene rings is 1. The molecule has 0 fully saturated rings. The predicted molar refractivity (Wildman–Crippen MR) is 73.7 cm³/mol. The van der Waals surface area contributed by atoms with Crippen LogP contribution in [0.25, 0.3) is 0 Å². The molecule has 0 aromatic heterocycles. The van der Waals surface area contributed by atoms with Gasteiger partial charge in [-0.1, -0.05) is 48.0 Å². The van der Waals surface area contributed by atoms with Crippen molar-refractivity contribution in [2.75, 3.05) is 20.6 Å². The number of rotatable bonds is 5. The molecule has 0 radical (unpaired) electrons. The Morgan fingerprint density at radius 2 is 1.88 bits per heavy atom. The Morgan fingerprint density at radius 1 is 1.25 bits per heavy atom. The minimum atomic E-state index is 0.401. The van der Waals surface area contributed by atoms with Gasteiger partial charge in [0.05, 0.1) is 0 Å². The fraction of sp³-hybridized carbons (Fsp3) is 0.538. The third kappa shape index (κ3) is 3.89. The Labute approximate surface area is 107 Å². The van der Waals surface area contributed by atoms with Gasteiger partial charge in [0, 0.05) is 23.1 Å². The van der Waals surface area contributed by atoms with E-state index in [1.54, 1.807) is 0 Å². The van der Waals surface area contributed by atoms with Crippen LogP contribution < -0.4 is 5.32 Å². The van der Waals surface area contributed by atoms with Crippen molar-refractivity contribution in [2.45, 2.75) is 25.9 Å². The molecule has 1 N–H and O–H groups in total. The molecule has 0 spiro atoms. The van der Waals surface area contributed by atoms with E-state index in [0.29, 0.717) is 12.1 Å². The fourth-order valence-electron chi connectivity index (χ4n) is 1.66. The number of hydrogen-bond acceptors (Lipinski definition) is 2. The highest BCUT2D eigenvalue weighted by Gasteiger charge is 2.16. The third-order valence-corrected chi connectivity index (χ3v) is 3.33. The lowest BCUT2D eigenvalue weighted by Crippen LogP contribution is -2.34. The second-order valence-electron chi connectivity index (χ2n) is 4.56. The first-order valence-electron chi connectivity index (χ1n) is 5.66. The highest BCUT2D eigenvalue weighted by atomic mass is 79.9. The van der Waals surface area contributed by atoms with Gasteiger partial charge < -0.3 is 10.2 Å². The number of likely N-dealkylation sites (N-methyl/N-ethyl adjacent to an activating group) is 1. The van der Waals surface area contributed by atoms with Crippen molar-refractivity contribution in [2.24, 2.45) is 0 Å². The van der Waals surface area contributed by atoms with Gasteiger partial charge in [-0.2, -0.15) is 0 Å². The van der Waals surface area contributed by atoms with Gasteiger partial charge in [0.1, 0.15) is 0 Å². The SMILES string of the molecule is CC(C)NCC(c1ccccc1Br)N(C)C. The normalized spacial score (nSPS) is 13.4. The molecule has 0 aliphatic heterocycles. The molecule has 1 unspecified atom stereocenters. The Kier molecular flexibility index (Phi) is 5.46. The average Bonchev–Trinajstić information content (AvgIpc) is 2.20. The highest BCUT2D eigenvalue weighted by Crippen LogP contribution is 2.25. The van der Waals surface area contributed by atoms with Crippen LogP contribution in [0.15, 0.2) is 28.7 Å². The molecular weight excluding hydrogens is 264 g/mol. The molecule has 90 valence electrons. The largest absolute Gasteiger partial charge is 0.313 e. The van der Waals surface area contributed by atoms with E-state index in [1.165, 1.54) is 10.0 Å². The van der Waals surface area contributed by atoms with Crippen LogP contribution in [0, 0.1) is 0 Å². The van der Waals surface area contributed by atoms with Gasteiger partial charge in [0.15, 0.2) is 0 Å². The summed E-state index contributed by atoms with van der Waals surface area (Å²) in [4.78, 5) is 2.25. The van der Waals surface area contributed by atoms with E-state index in [0.717, 1.165) is 6.54 Å². The lowest BCUT2D eigenvalue weighted by Gasteiger charge is -2.27. The van der Waals surface area contributed by atoms with E-state index in [2.05, 4.69) is 78.4 Å². The van der Waals surface area contributed by atoms with Gasteiger partial charge in [-0.05, 0) is 25.7 Å². The molecule has 1 aromatic carbocycles. The first-order chi connectivity index (χ1) is 7.52. The van der Waals surface area contributed by atoms with Crippen LogP contribution in [0.2, 0.25) is 0 Å².